The van der Waals surface area contributed by atoms with E-state index in [0.29, 0.717) is 6.04 Å². The topological polar surface area (TPSA) is 49.9 Å². The van der Waals surface area contributed by atoms with Gasteiger partial charge in [0.2, 0.25) is 5.91 Å². The first-order chi connectivity index (χ1) is 9.73. The van der Waals surface area contributed by atoms with Crippen molar-refractivity contribution in [1.82, 2.24) is 9.80 Å². The molecule has 1 heterocycles. The van der Waals surface area contributed by atoms with Crippen molar-refractivity contribution >= 4 is 11.9 Å². The van der Waals surface area contributed by atoms with Crippen molar-refractivity contribution in [2.75, 3.05) is 26.7 Å². The molecule has 0 spiro atoms. The monoisotopic (exact) mass is 298 g/mol. The van der Waals surface area contributed by atoms with Crippen LogP contribution in [0.1, 0.15) is 53.4 Å². The van der Waals surface area contributed by atoms with Crippen molar-refractivity contribution in [3.05, 3.63) is 0 Å². The number of carbonyl (C=O) groups is 2. The Hall–Kier alpha value is -1.10. The number of hydrogen-bond acceptors (Lipinski definition) is 4. The molecule has 1 fully saturated rings. The van der Waals surface area contributed by atoms with E-state index >= 15 is 0 Å². The van der Waals surface area contributed by atoms with Crippen molar-refractivity contribution in [1.29, 1.82) is 0 Å². The second kappa shape index (κ2) is 7.78. The van der Waals surface area contributed by atoms with Crippen LogP contribution in [-0.2, 0) is 14.3 Å². The van der Waals surface area contributed by atoms with Crippen LogP contribution in [-0.4, -0.2) is 60.0 Å². The van der Waals surface area contributed by atoms with Crippen LogP contribution in [0.3, 0.4) is 0 Å². The summed E-state index contributed by atoms with van der Waals surface area (Å²) in [5.74, 6) is -0.288. The second-order valence-corrected chi connectivity index (χ2v) is 6.79. The Bertz CT molecular complexity index is 363. The van der Waals surface area contributed by atoms with Crippen LogP contribution in [0.2, 0.25) is 0 Å². The predicted molar refractivity (Wildman–Crippen MR) is 83.0 cm³/mol. The molecule has 1 unspecified atom stereocenters. The van der Waals surface area contributed by atoms with Gasteiger partial charge in [0.1, 0.15) is 5.60 Å². The van der Waals surface area contributed by atoms with Crippen LogP contribution in [0.4, 0.5) is 0 Å². The van der Waals surface area contributed by atoms with E-state index in [2.05, 4.69) is 11.8 Å². The molecule has 0 radical (unpaired) electrons. The van der Waals surface area contributed by atoms with E-state index < -0.39 is 5.60 Å². The maximum atomic E-state index is 12.1. The van der Waals surface area contributed by atoms with Crippen LogP contribution < -0.4 is 0 Å². The Balaban J connectivity index is 2.33. The Morgan fingerprint density at radius 1 is 1.29 bits per heavy atom. The number of ether oxygens (including phenoxy) is 1. The highest BCUT2D eigenvalue weighted by molar-refractivity contribution is 5.81. The summed E-state index contributed by atoms with van der Waals surface area (Å²) in [6.07, 6.45) is 2.74. The molecule has 0 aromatic carbocycles. The van der Waals surface area contributed by atoms with Crippen molar-refractivity contribution in [2.45, 2.75) is 65.0 Å². The van der Waals surface area contributed by atoms with Gasteiger partial charge in [0.25, 0.3) is 0 Å². The first-order valence-corrected chi connectivity index (χ1v) is 7.92. The van der Waals surface area contributed by atoms with Gasteiger partial charge in [-0.15, -0.1) is 0 Å². The lowest BCUT2D eigenvalue weighted by Crippen LogP contribution is -2.41. The van der Waals surface area contributed by atoms with E-state index in [1.54, 1.807) is 4.90 Å². The molecule has 1 rings (SSSR count). The summed E-state index contributed by atoms with van der Waals surface area (Å²) in [6.45, 7) is 10.6. The molecule has 0 aromatic rings. The van der Waals surface area contributed by atoms with E-state index in [4.69, 9.17) is 4.74 Å². The highest BCUT2D eigenvalue weighted by Crippen LogP contribution is 2.17. The minimum atomic E-state index is -0.489. The quantitative estimate of drug-likeness (QED) is 0.704. The fraction of sp³-hybridized carbons (Fsp3) is 0.875. The zero-order valence-corrected chi connectivity index (χ0v) is 14.1. The van der Waals surface area contributed by atoms with Gasteiger partial charge in [-0.25, -0.2) is 0 Å². The second-order valence-electron chi connectivity index (χ2n) is 6.79. The lowest BCUT2D eigenvalue weighted by Gasteiger charge is -2.28. The van der Waals surface area contributed by atoms with Gasteiger partial charge in [-0.2, -0.15) is 0 Å². The Kier molecular flexibility index (Phi) is 6.65. The summed E-state index contributed by atoms with van der Waals surface area (Å²) < 4.78 is 5.22. The lowest BCUT2D eigenvalue weighted by molar-refractivity contribution is -0.156. The number of esters is 1. The third kappa shape index (κ3) is 6.46. The summed E-state index contributed by atoms with van der Waals surface area (Å²) >= 11 is 0. The van der Waals surface area contributed by atoms with Gasteiger partial charge in [-0.3, -0.25) is 14.5 Å². The SMILES string of the molecule is CCN1CCCC1CN(C)C(=O)CCC(=O)OC(C)(C)C. The summed E-state index contributed by atoms with van der Waals surface area (Å²) in [5, 5.41) is 0. The van der Waals surface area contributed by atoms with Gasteiger partial charge in [0.15, 0.2) is 0 Å². The van der Waals surface area contributed by atoms with Crippen LogP contribution in [0.5, 0.6) is 0 Å². The molecule has 1 amide bonds. The van der Waals surface area contributed by atoms with E-state index in [-0.39, 0.29) is 24.7 Å². The molecule has 0 aliphatic carbocycles. The molecule has 122 valence electrons. The smallest absolute Gasteiger partial charge is 0.306 e. The van der Waals surface area contributed by atoms with Gasteiger partial charge < -0.3 is 9.64 Å². The molecule has 5 heteroatoms. The van der Waals surface area contributed by atoms with Crippen molar-refractivity contribution in [3.8, 4) is 0 Å². The first-order valence-electron chi connectivity index (χ1n) is 7.92. The minimum absolute atomic E-state index is 0.0174. The number of likely N-dealkylation sites (N-methyl/N-ethyl adjacent to an activating group) is 2. The number of rotatable bonds is 6. The minimum Gasteiger partial charge on any atom is -0.460 e. The Labute approximate surface area is 128 Å². The fourth-order valence-electron chi connectivity index (χ4n) is 2.73. The number of likely N-dealkylation sites (tertiary alicyclic amines) is 1. The highest BCUT2D eigenvalue weighted by atomic mass is 16.6. The molecular formula is C16H30N2O3. The molecule has 1 atom stereocenters. The summed E-state index contributed by atoms with van der Waals surface area (Å²) in [7, 11) is 1.82. The average molecular weight is 298 g/mol. The van der Waals surface area contributed by atoms with Crippen molar-refractivity contribution in [3.63, 3.8) is 0 Å². The molecular weight excluding hydrogens is 268 g/mol. The van der Waals surface area contributed by atoms with E-state index in [1.165, 1.54) is 6.42 Å². The van der Waals surface area contributed by atoms with E-state index in [1.807, 2.05) is 27.8 Å². The Morgan fingerprint density at radius 2 is 1.95 bits per heavy atom. The maximum Gasteiger partial charge on any atom is 0.306 e. The van der Waals surface area contributed by atoms with Crippen molar-refractivity contribution < 1.29 is 14.3 Å². The highest BCUT2D eigenvalue weighted by Gasteiger charge is 2.26. The maximum absolute atomic E-state index is 12.1. The molecule has 0 aromatic heterocycles. The molecule has 1 aliphatic rings. The van der Waals surface area contributed by atoms with Gasteiger partial charge in [0.05, 0.1) is 6.42 Å². The fourth-order valence-corrected chi connectivity index (χ4v) is 2.73. The largest absolute Gasteiger partial charge is 0.460 e. The zero-order valence-electron chi connectivity index (χ0n) is 14.1. The van der Waals surface area contributed by atoms with Crippen molar-refractivity contribution in [2.24, 2.45) is 0 Å². The molecule has 21 heavy (non-hydrogen) atoms. The normalized spacial score (nSPS) is 19.6. The number of nitrogens with zero attached hydrogens (tertiary/aromatic N) is 2. The predicted octanol–water partition coefficient (Wildman–Crippen LogP) is 2.05. The molecule has 1 aliphatic heterocycles. The van der Waals surface area contributed by atoms with Gasteiger partial charge in [-0.1, -0.05) is 6.92 Å². The number of carbonyl (C=O) groups excluding carboxylic acids is 2. The zero-order chi connectivity index (χ0) is 16.0. The average Bonchev–Trinajstić information content (AvgIpc) is 2.81. The van der Waals surface area contributed by atoms with Crippen LogP contribution in [0, 0.1) is 0 Å². The van der Waals surface area contributed by atoms with Crippen LogP contribution in [0.25, 0.3) is 0 Å². The van der Waals surface area contributed by atoms with Gasteiger partial charge in [-0.05, 0) is 46.7 Å². The Morgan fingerprint density at radius 3 is 2.52 bits per heavy atom. The number of amides is 1. The molecule has 0 saturated carbocycles. The molecule has 0 N–H and O–H groups in total. The molecule has 0 bridgehead atoms. The molecule has 1 saturated heterocycles. The lowest BCUT2D eigenvalue weighted by atomic mass is 10.2. The standard InChI is InChI=1S/C16H30N2O3/c1-6-18-11-7-8-13(18)12-17(5)14(19)9-10-15(20)21-16(2,3)4/h13H,6-12H2,1-5H3. The number of hydrogen-bond donors (Lipinski definition) is 0. The van der Waals surface area contributed by atoms with Crippen LogP contribution >= 0.6 is 0 Å². The van der Waals surface area contributed by atoms with E-state index in [0.717, 1.165) is 26.1 Å². The van der Waals surface area contributed by atoms with Gasteiger partial charge >= 0.3 is 5.97 Å². The third-order valence-corrected chi connectivity index (χ3v) is 3.78. The third-order valence-electron chi connectivity index (χ3n) is 3.78. The summed E-state index contributed by atoms with van der Waals surface area (Å²) in [5.41, 5.74) is -0.489. The first kappa shape index (κ1) is 18.0. The summed E-state index contributed by atoms with van der Waals surface area (Å²) in [4.78, 5) is 27.9. The molecule has 5 nitrogen and oxygen atoms in total. The van der Waals surface area contributed by atoms with E-state index in [9.17, 15) is 9.59 Å². The summed E-state index contributed by atoms with van der Waals surface area (Å²) in [6, 6.07) is 0.463. The van der Waals surface area contributed by atoms with Crippen LogP contribution in [0.15, 0.2) is 0 Å². The van der Waals surface area contributed by atoms with Gasteiger partial charge in [0, 0.05) is 26.1 Å².